The molecule has 160 valence electrons. The number of halogens is 1. The van der Waals surface area contributed by atoms with Gasteiger partial charge in [0.25, 0.3) is 5.89 Å². The molecular weight excluding hydrogens is 491 g/mol. The number of guanidine groups is 1. The van der Waals surface area contributed by atoms with Gasteiger partial charge in [0.2, 0.25) is 0 Å². The summed E-state index contributed by atoms with van der Waals surface area (Å²) in [6, 6.07) is 12.2. The Kier molecular flexibility index (Phi) is 9.72. The summed E-state index contributed by atoms with van der Waals surface area (Å²) in [5, 5.41) is 10.7. The van der Waals surface area contributed by atoms with Gasteiger partial charge in [0.1, 0.15) is 5.69 Å². The van der Waals surface area contributed by atoms with Crippen LogP contribution in [0.3, 0.4) is 0 Å². The maximum absolute atomic E-state index is 5.29. The SMILES string of the molecule is CCNC(=NCCc1noc(-c2ccccn2)n1)NCCc1cc(C)cc(C)c1.I. The molecule has 2 aromatic heterocycles. The number of aliphatic imine (C=N–C) groups is 1. The van der Waals surface area contributed by atoms with Crippen LogP contribution in [0.25, 0.3) is 11.6 Å². The third-order valence-corrected chi connectivity index (χ3v) is 4.29. The number of hydrogen-bond acceptors (Lipinski definition) is 5. The number of rotatable bonds is 8. The van der Waals surface area contributed by atoms with Gasteiger partial charge < -0.3 is 15.2 Å². The molecule has 2 heterocycles. The van der Waals surface area contributed by atoms with Gasteiger partial charge in [0, 0.05) is 32.3 Å². The molecule has 7 nitrogen and oxygen atoms in total. The zero-order valence-corrected chi connectivity index (χ0v) is 20.0. The molecule has 2 N–H and O–H groups in total. The maximum Gasteiger partial charge on any atom is 0.276 e. The van der Waals surface area contributed by atoms with Crippen molar-refractivity contribution in [3.63, 3.8) is 0 Å². The summed E-state index contributed by atoms with van der Waals surface area (Å²) in [4.78, 5) is 13.2. The molecule has 0 spiro atoms. The lowest BCUT2D eigenvalue weighted by atomic mass is 10.1. The molecule has 0 radical (unpaired) electrons. The molecule has 0 aliphatic heterocycles. The Hall–Kier alpha value is -2.49. The molecule has 0 amide bonds. The van der Waals surface area contributed by atoms with E-state index >= 15 is 0 Å². The van der Waals surface area contributed by atoms with E-state index in [0.29, 0.717) is 30.4 Å². The van der Waals surface area contributed by atoms with Crippen LogP contribution >= 0.6 is 24.0 Å². The van der Waals surface area contributed by atoms with Crippen molar-refractivity contribution in [1.29, 1.82) is 0 Å². The quantitative estimate of drug-likeness (QED) is 0.268. The second kappa shape index (κ2) is 12.3. The highest BCUT2D eigenvalue weighted by molar-refractivity contribution is 14.0. The molecule has 30 heavy (non-hydrogen) atoms. The lowest BCUT2D eigenvalue weighted by Crippen LogP contribution is -2.38. The van der Waals surface area contributed by atoms with Crippen molar-refractivity contribution < 1.29 is 4.52 Å². The van der Waals surface area contributed by atoms with Crippen LogP contribution in [-0.2, 0) is 12.8 Å². The van der Waals surface area contributed by atoms with E-state index < -0.39 is 0 Å². The average molecular weight is 520 g/mol. The van der Waals surface area contributed by atoms with Gasteiger partial charge in [-0.25, -0.2) is 0 Å². The summed E-state index contributed by atoms with van der Waals surface area (Å²) in [5.74, 6) is 1.86. The molecule has 0 aliphatic rings. The topological polar surface area (TPSA) is 88.2 Å². The number of nitrogens with one attached hydrogen (secondary N) is 2. The molecule has 8 heteroatoms. The first-order valence-corrected chi connectivity index (χ1v) is 9.97. The molecule has 0 saturated heterocycles. The van der Waals surface area contributed by atoms with E-state index in [-0.39, 0.29) is 24.0 Å². The molecule has 0 unspecified atom stereocenters. The Morgan fingerprint density at radius 1 is 1.07 bits per heavy atom. The second-order valence-corrected chi connectivity index (χ2v) is 6.91. The summed E-state index contributed by atoms with van der Waals surface area (Å²) in [7, 11) is 0. The van der Waals surface area contributed by atoms with Crippen LogP contribution in [-0.4, -0.2) is 40.7 Å². The van der Waals surface area contributed by atoms with Crippen LogP contribution in [0, 0.1) is 13.8 Å². The zero-order valence-electron chi connectivity index (χ0n) is 17.7. The van der Waals surface area contributed by atoms with Gasteiger partial charge in [-0.1, -0.05) is 40.5 Å². The third-order valence-electron chi connectivity index (χ3n) is 4.29. The zero-order chi connectivity index (χ0) is 20.5. The molecule has 0 atom stereocenters. The van der Waals surface area contributed by atoms with Crippen molar-refractivity contribution in [3.8, 4) is 11.6 Å². The summed E-state index contributed by atoms with van der Waals surface area (Å²) in [5.41, 5.74) is 4.60. The predicted molar refractivity (Wildman–Crippen MR) is 130 cm³/mol. The average Bonchev–Trinajstić information content (AvgIpc) is 3.17. The van der Waals surface area contributed by atoms with E-state index in [2.05, 4.69) is 69.7 Å². The summed E-state index contributed by atoms with van der Waals surface area (Å²) in [6.07, 6.45) is 3.26. The molecule has 1 aromatic carbocycles. The normalized spacial score (nSPS) is 11.1. The van der Waals surface area contributed by atoms with Crippen LogP contribution in [0.5, 0.6) is 0 Å². The fraction of sp³-hybridized carbons (Fsp3) is 0.364. The van der Waals surface area contributed by atoms with Gasteiger partial charge in [-0.3, -0.25) is 9.98 Å². The van der Waals surface area contributed by atoms with E-state index in [1.54, 1.807) is 6.20 Å². The van der Waals surface area contributed by atoms with Crippen molar-refractivity contribution in [2.24, 2.45) is 4.99 Å². The van der Waals surface area contributed by atoms with Crippen LogP contribution in [0.4, 0.5) is 0 Å². The van der Waals surface area contributed by atoms with Crippen LogP contribution in [0.1, 0.15) is 29.4 Å². The van der Waals surface area contributed by atoms with Crippen molar-refractivity contribution in [2.45, 2.75) is 33.6 Å². The Balaban J connectivity index is 0.00000320. The van der Waals surface area contributed by atoms with E-state index in [1.165, 1.54) is 16.7 Å². The van der Waals surface area contributed by atoms with Gasteiger partial charge in [-0.2, -0.15) is 4.98 Å². The van der Waals surface area contributed by atoms with Crippen LogP contribution < -0.4 is 10.6 Å². The monoisotopic (exact) mass is 520 g/mol. The minimum atomic E-state index is 0. The Bertz CT molecular complexity index is 922. The highest BCUT2D eigenvalue weighted by Gasteiger charge is 2.09. The molecular formula is C22H29IN6O. The molecule has 0 aliphatic carbocycles. The summed E-state index contributed by atoms with van der Waals surface area (Å²) >= 11 is 0. The van der Waals surface area contributed by atoms with E-state index in [0.717, 1.165) is 25.5 Å². The van der Waals surface area contributed by atoms with Gasteiger partial charge in [-0.15, -0.1) is 24.0 Å². The first-order valence-electron chi connectivity index (χ1n) is 9.97. The first-order chi connectivity index (χ1) is 14.1. The standard InChI is InChI=1S/C22H28N6O.HI/c1-4-23-22(25-11-8-18-14-16(2)13-17(3)15-18)26-12-9-20-27-21(29-28-20)19-7-5-6-10-24-19;/h5-7,10,13-15H,4,8-9,11-12H2,1-3H3,(H2,23,25,26);1H. The van der Waals surface area contributed by atoms with E-state index in [1.807, 2.05) is 18.2 Å². The van der Waals surface area contributed by atoms with Crippen molar-refractivity contribution >= 4 is 29.9 Å². The lowest BCUT2D eigenvalue weighted by Gasteiger charge is -2.11. The van der Waals surface area contributed by atoms with Crippen molar-refractivity contribution in [1.82, 2.24) is 25.8 Å². The highest BCUT2D eigenvalue weighted by atomic mass is 127. The first kappa shape index (κ1) is 23.8. The van der Waals surface area contributed by atoms with E-state index in [9.17, 15) is 0 Å². The Morgan fingerprint density at radius 3 is 2.57 bits per heavy atom. The van der Waals surface area contributed by atoms with Gasteiger partial charge in [0.15, 0.2) is 11.8 Å². The fourth-order valence-corrected chi connectivity index (χ4v) is 3.10. The number of nitrogens with zero attached hydrogens (tertiary/aromatic N) is 4. The largest absolute Gasteiger partial charge is 0.357 e. The number of hydrogen-bond donors (Lipinski definition) is 2. The number of aryl methyl sites for hydroxylation is 2. The fourth-order valence-electron chi connectivity index (χ4n) is 3.10. The molecule has 0 fully saturated rings. The molecule has 3 aromatic rings. The Morgan fingerprint density at radius 2 is 1.87 bits per heavy atom. The number of benzene rings is 1. The van der Waals surface area contributed by atoms with Gasteiger partial charge in [-0.05, 0) is 44.9 Å². The minimum absolute atomic E-state index is 0. The van der Waals surface area contributed by atoms with Crippen LogP contribution in [0.2, 0.25) is 0 Å². The smallest absolute Gasteiger partial charge is 0.276 e. The maximum atomic E-state index is 5.29. The molecule has 0 bridgehead atoms. The van der Waals surface area contributed by atoms with Crippen molar-refractivity contribution in [2.75, 3.05) is 19.6 Å². The Labute approximate surface area is 194 Å². The lowest BCUT2D eigenvalue weighted by molar-refractivity contribution is 0.421. The van der Waals surface area contributed by atoms with Crippen molar-refractivity contribution in [3.05, 3.63) is 65.1 Å². The highest BCUT2D eigenvalue weighted by Crippen LogP contribution is 2.13. The second-order valence-electron chi connectivity index (χ2n) is 6.91. The number of aromatic nitrogens is 3. The summed E-state index contributed by atoms with van der Waals surface area (Å²) in [6.45, 7) is 8.51. The number of pyridine rings is 1. The molecule has 0 saturated carbocycles. The predicted octanol–water partition coefficient (Wildman–Crippen LogP) is 3.71. The van der Waals surface area contributed by atoms with E-state index in [4.69, 9.17) is 4.52 Å². The third kappa shape index (κ3) is 7.40. The van der Waals surface area contributed by atoms with Crippen LogP contribution in [0.15, 0.2) is 52.1 Å². The van der Waals surface area contributed by atoms with Gasteiger partial charge in [0.05, 0.1) is 0 Å². The van der Waals surface area contributed by atoms with Gasteiger partial charge >= 0.3 is 0 Å². The molecule has 3 rings (SSSR count). The summed E-state index contributed by atoms with van der Waals surface area (Å²) < 4.78 is 5.29. The minimum Gasteiger partial charge on any atom is -0.357 e.